The first-order valence-corrected chi connectivity index (χ1v) is 10.9. The minimum absolute atomic E-state index is 0.115. The lowest BCUT2D eigenvalue weighted by Gasteiger charge is -2.11. The summed E-state index contributed by atoms with van der Waals surface area (Å²) in [5, 5.41) is 5.36. The minimum atomic E-state index is -0.812. The van der Waals surface area contributed by atoms with E-state index in [4.69, 9.17) is 10.5 Å². The van der Waals surface area contributed by atoms with Crippen LogP contribution in [0, 0.1) is 0 Å². The van der Waals surface area contributed by atoms with Crippen molar-refractivity contribution in [3.63, 3.8) is 0 Å². The highest BCUT2D eigenvalue weighted by Gasteiger charge is 2.17. The number of aldehydes is 1. The van der Waals surface area contributed by atoms with Gasteiger partial charge < -0.3 is 21.1 Å². The van der Waals surface area contributed by atoms with Crippen molar-refractivity contribution in [2.75, 3.05) is 7.05 Å². The van der Waals surface area contributed by atoms with Gasteiger partial charge in [-0.25, -0.2) is 4.79 Å². The monoisotopic (exact) mass is 470 g/mol. The van der Waals surface area contributed by atoms with Crippen molar-refractivity contribution in [2.45, 2.75) is 12.5 Å². The number of likely N-dealkylation sites (N-methyl/N-ethyl adjacent to an activating group) is 1. The number of hydrogen-bond donors (Lipinski definition) is 3. The van der Waals surface area contributed by atoms with Crippen LogP contribution < -0.4 is 21.1 Å². The summed E-state index contributed by atoms with van der Waals surface area (Å²) in [7, 11) is 1.58. The topological polar surface area (TPSA) is 123 Å². The largest absolute Gasteiger partial charge is 0.424 e. The van der Waals surface area contributed by atoms with Gasteiger partial charge in [0.25, 0.3) is 5.91 Å². The number of ether oxygens (including phenoxy) is 1. The quantitative estimate of drug-likeness (QED) is 0.236. The molecular weight excluding hydrogens is 444 g/mol. The van der Waals surface area contributed by atoms with E-state index in [1.165, 1.54) is 12.3 Å². The van der Waals surface area contributed by atoms with Crippen molar-refractivity contribution in [1.82, 2.24) is 15.6 Å². The molecule has 8 heteroatoms. The van der Waals surface area contributed by atoms with E-state index < -0.39 is 17.9 Å². The van der Waals surface area contributed by atoms with Crippen LogP contribution in [0.15, 0.2) is 90.4 Å². The number of carbonyl (C=O) groups excluding carboxylic acids is 3. The Bertz CT molecular complexity index is 1210. The summed E-state index contributed by atoms with van der Waals surface area (Å²) in [5.41, 5.74) is 8.42. The van der Waals surface area contributed by atoms with Gasteiger partial charge in [-0.05, 0) is 41.8 Å². The van der Waals surface area contributed by atoms with E-state index in [0.717, 1.165) is 11.1 Å². The van der Waals surface area contributed by atoms with Gasteiger partial charge in [0.15, 0.2) is 6.29 Å². The molecule has 1 atom stereocenters. The lowest BCUT2D eigenvalue weighted by Crippen LogP contribution is -2.36. The molecule has 178 valence electrons. The number of nitrogens with zero attached hydrogens (tertiary/aromatic N) is 1. The molecule has 1 aromatic heterocycles. The van der Waals surface area contributed by atoms with Crippen molar-refractivity contribution >= 4 is 30.3 Å². The van der Waals surface area contributed by atoms with Crippen LogP contribution in [-0.4, -0.2) is 36.2 Å². The number of pyridine rings is 1. The van der Waals surface area contributed by atoms with Gasteiger partial charge in [0.1, 0.15) is 17.5 Å². The second-order valence-electron chi connectivity index (χ2n) is 7.53. The molecule has 0 aliphatic heterocycles. The molecule has 3 rings (SSSR count). The van der Waals surface area contributed by atoms with Gasteiger partial charge in [-0.15, -0.1) is 0 Å². The molecule has 0 bridgehead atoms. The first kappa shape index (κ1) is 25.1. The lowest BCUT2D eigenvalue weighted by molar-refractivity contribution is -0.135. The van der Waals surface area contributed by atoms with Crippen molar-refractivity contribution in [2.24, 2.45) is 5.73 Å². The van der Waals surface area contributed by atoms with Crippen molar-refractivity contribution in [3.8, 4) is 5.75 Å². The molecule has 0 radical (unpaired) electrons. The third-order valence-corrected chi connectivity index (χ3v) is 4.89. The lowest BCUT2D eigenvalue weighted by atomic mass is 10.1. The van der Waals surface area contributed by atoms with Crippen molar-refractivity contribution in [3.05, 3.63) is 107 Å². The summed E-state index contributed by atoms with van der Waals surface area (Å²) in [6.45, 7) is 0. The van der Waals surface area contributed by atoms with Gasteiger partial charge in [0, 0.05) is 7.05 Å². The second-order valence-corrected chi connectivity index (χ2v) is 7.53. The number of aromatic nitrogens is 1. The standard InChI is InChI=1S/C27H26N4O4/c1-29-25(26(33)31-22(18-32)14-19-8-4-2-5-9-19)16-21-12-13-23(17-30-21)35-27(34)24(28)15-20-10-6-3-7-11-20/h2-14,16-18,24,29H,15,28H2,1H3,(H,31,33)/b22-14-,25-16-. The summed E-state index contributed by atoms with van der Waals surface area (Å²) in [4.78, 5) is 40.5. The molecule has 1 heterocycles. The molecule has 0 spiro atoms. The highest BCUT2D eigenvalue weighted by molar-refractivity contribution is 6.01. The molecule has 0 aliphatic rings. The summed E-state index contributed by atoms with van der Waals surface area (Å²) < 4.78 is 5.32. The Kier molecular flexibility index (Phi) is 9.04. The van der Waals surface area contributed by atoms with Crippen molar-refractivity contribution in [1.29, 1.82) is 0 Å². The smallest absolute Gasteiger partial charge is 0.328 e. The van der Waals surface area contributed by atoms with E-state index in [1.54, 1.807) is 25.3 Å². The third kappa shape index (κ3) is 7.76. The Morgan fingerprint density at radius 1 is 1.00 bits per heavy atom. The molecule has 1 amide bonds. The fourth-order valence-electron chi connectivity index (χ4n) is 3.11. The van der Waals surface area contributed by atoms with E-state index in [1.807, 2.05) is 60.7 Å². The van der Waals surface area contributed by atoms with Crippen LogP contribution in [0.3, 0.4) is 0 Å². The fourth-order valence-corrected chi connectivity index (χ4v) is 3.11. The molecule has 4 N–H and O–H groups in total. The number of benzene rings is 2. The zero-order chi connectivity index (χ0) is 25.0. The molecular formula is C27H26N4O4. The molecule has 3 aromatic rings. The van der Waals surface area contributed by atoms with E-state index >= 15 is 0 Å². The Balaban J connectivity index is 1.62. The number of hydrogen-bond acceptors (Lipinski definition) is 7. The van der Waals surface area contributed by atoms with Crippen LogP contribution >= 0.6 is 0 Å². The number of nitrogens with two attached hydrogens (primary N) is 1. The van der Waals surface area contributed by atoms with Gasteiger partial charge in [-0.2, -0.15) is 0 Å². The first-order chi connectivity index (χ1) is 17.0. The molecule has 0 saturated heterocycles. The minimum Gasteiger partial charge on any atom is -0.424 e. The average Bonchev–Trinajstić information content (AvgIpc) is 2.88. The highest BCUT2D eigenvalue weighted by Crippen LogP contribution is 2.13. The van der Waals surface area contributed by atoms with Crippen LogP contribution in [0.5, 0.6) is 5.75 Å². The van der Waals surface area contributed by atoms with E-state index in [2.05, 4.69) is 15.6 Å². The van der Waals surface area contributed by atoms with Crippen LogP contribution in [0.1, 0.15) is 16.8 Å². The summed E-state index contributed by atoms with van der Waals surface area (Å²) >= 11 is 0. The van der Waals surface area contributed by atoms with Gasteiger partial charge in [-0.1, -0.05) is 60.7 Å². The predicted molar refractivity (Wildman–Crippen MR) is 134 cm³/mol. The summed E-state index contributed by atoms with van der Waals surface area (Å²) in [6, 6.07) is 20.9. The molecule has 2 aromatic carbocycles. The van der Waals surface area contributed by atoms with Gasteiger partial charge >= 0.3 is 5.97 Å². The normalized spacial score (nSPS) is 12.4. The van der Waals surface area contributed by atoms with E-state index in [9.17, 15) is 14.4 Å². The number of rotatable bonds is 10. The molecule has 0 fully saturated rings. The molecule has 0 saturated carbocycles. The molecule has 35 heavy (non-hydrogen) atoms. The maximum atomic E-state index is 12.6. The van der Waals surface area contributed by atoms with Gasteiger partial charge in [-0.3, -0.25) is 14.6 Å². The fraction of sp³-hybridized carbons (Fsp3) is 0.111. The number of amides is 1. The molecule has 8 nitrogen and oxygen atoms in total. The highest BCUT2D eigenvalue weighted by atomic mass is 16.5. The SMILES string of the molecule is CN/C(=C\c1ccc(OC(=O)C(N)Cc2ccccc2)cn1)C(=O)N/C(C=O)=C\c1ccccc1. The molecule has 1 unspecified atom stereocenters. The first-order valence-electron chi connectivity index (χ1n) is 10.9. The second kappa shape index (κ2) is 12.6. The zero-order valence-corrected chi connectivity index (χ0v) is 19.2. The van der Waals surface area contributed by atoms with Crippen molar-refractivity contribution < 1.29 is 19.1 Å². The Hall–Kier alpha value is -4.56. The summed E-state index contributed by atoms with van der Waals surface area (Å²) in [6.07, 6.45) is 5.38. The predicted octanol–water partition coefficient (Wildman–Crippen LogP) is 2.47. The number of carbonyl (C=O) groups is 3. The van der Waals surface area contributed by atoms with Crippen LogP contribution in [0.2, 0.25) is 0 Å². The number of allylic oxidation sites excluding steroid dienone is 1. The maximum Gasteiger partial charge on any atom is 0.328 e. The zero-order valence-electron chi connectivity index (χ0n) is 19.2. The maximum absolute atomic E-state index is 12.6. The van der Waals surface area contributed by atoms with Crippen LogP contribution in [-0.2, 0) is 20.8 Å². The van der Waals surface area contributed by atoms with E-state index in [-0.39, 0.29) is 17.1 Å². The average molecular weight is 471 g/mol. The van der Waals surface area contributed by atoms with Crippen LogP contribution in [0.4, 0.5) is 0 Å². The Labute approximate surface area is 203 Å². The third-order valence-electron chi connectivity index (χ3n) is 4.89. The van der Waals surface area contributed by atoms with E-state index in [0.29, 0.717) is 18.4 Å². The Morgan fingerprint density at radius 2 is 1.69 bits per heavy atom. The Morgan fingerprint density at radius 3 is 2.29 bits per heavy atom. The molecule has 0 aliphatic carbocycles. The number of nitrogens with one attached hydrogen (secondary N) is 2. The summed E-state index contributed by atoms with van der Waals surface area (Å²) in [5.74, 6) is -0.841. The number of esters is 1. The van der Waals surface area contributed by atoms with Crippen LogP contribution in [0.25, 0.3) is 12.2 Å². The van der Waals surface area contributed by atoms with Gasteiger partial charge in [0.2, 0.25) is 0 Å². The van der Waals surface area contributed by atoms with Gasteiger partial charge in [0.05, 0.1) is 17.6 Å².